The van der Waals surface area contributed by atoms with E-state index in [9.17, 15) is 4.79 Å². The number of hydrogen-bond donors (Lipinski definition) is 4. The highest BCUT2D eigenvalue weighted by Gasteiger charge is 2.21. The molecule has 8 N–H and O–H groups in total. The first-order chi connectivity index (χ1) is 17.8. The molecule has 0 aliphatic heterocycles. The average Bonchev–Trinajstić information content (AvgIpc) is 3.40. The Morgan fingerprint density at radius 1 is 1.03 bits per heavy atom. The van der Waals surface area contributed by atoms with Crippen LogP contribution in [0.3, 0.4) is 0 Å². The van der Waals surface area contributed by atoms with E-state index in [0.29, 0.717) is 48.1 Å². The summed E-state index contributed by atoms with van der Waals surface area (Å²) in [4.78, 5) is 17.7. The van der Waals surface area contributed by atoms with E-state index in [2.05, 4.69) is 20.4 Å². The van der Waals surface area contributed by atoms with Gasteiger partial charge in [0.15, 0.2) is 23.5 Å². The number of ether oxygens (including phenoxy) is 4. The second kappa shape index (κ2) is 12.8. The molecule has 0 spiro atoms. The largest absolute Gasteiger partial charge is 0.495 e. The van der Waals surface area contributed by atoms with E-state index in [-0.39, 0.29) is 11.9 Å². The first-order valence-electron chi connectivity index (χ1n) is 11.5. The third-order valence-corrected chi connectivity index (χ3v) is 6.49. The summed E-state index contributed by atoms with van der Waals surface area (Å²) in [6.07, 6.45) is 2.95. The fraction of sp³-hybridized carbons (Fsp3) is 0.320. The molecule has 0 saturated carbocycles. The number of quaternary nitrogens is 1. The van der Waals surface area contributed by atoms with Crippen molar-refractivity contribution >= 4 is 29.1 Å². The van der Waals surface area contributed by atoms with Gasteiger partial charge in [-0.15, -0.1) is 0 Å². The van der Waals surface area contributed by atoms with Crippen LogP contribution in [0.1, 0.15) is 12.8 Å². The standard InChI is InChI=1S/C25H32N6O5S/c1-33-19-8-7-14(10-18(19)31-24(32)17(26)6-5-9-29-25(27)28)16-13-30-37-23(16)15-11-20(34-2)22(36-4)21(12-15)35-3/h7-8,10-13,17H,5-6,9,26H2,1-4H3,(H,31,32)(H4,27,28,29)/p+1/t17-/m1/s1. The van der Waals surface area contributed by atoms with Gasteiger partial charge in [-0.05, 0) is 47.8 Å². The highest BCUT2D eigenvalue weighted by Crippen LogP contribution is 2.45. The molecule has 37 heavy (non-hydrogen) atoms. The van der Waals surface area contributed by atoms with Crippen LogP contribution in [-0.4, -0.2) is 57.3 Å². The molecule has 3 rings (SSSR count). The second-order valence-corrected chi connectivity index (χ2v) is 8.83. The number of anilines is 1. The van der Waals surface area contributed by atoms with Crippen LogP contribution >= 0.6 is 11.5 Å². The van der Waals surface area contributed by atoms with Gasteiger partial charge >= 0.3 is 0 Å². The molecule has 0 bridgehead atoms. The molecule has 0 radical (unpaired) electrons. The maximum Gasteiger partial charge on any atom is 0.282 e. The van der Waals surface area contributed by atoms with Crippen LogP contribution < -0.4 is 41.5 Å². The van der Waals surface area contributed by atoms with E-state index in [0.717, 1.165) is 21.6 Å². The highest BCUT2D eigenvalue weighted by atomic mass is 32.1. The van der Waals surface area contributed by atoms with Gasteiger partial charge in [0, 0.05) is 30.3 Å². The number of aliphatic imine (C=N–C) groups is 1. The first kappa shape index (κ1) is 27.6. The maximum atomic E-state index is 12.8. The quantitative estimate of drug-likeness (QED) is 0.157. The first-order valence-corrected chi connectivity index (χ1v) is 12.2. The van der Waals surface area contributed by atoms with Gasteiger partial charge < -0.3 is 41.5 Å². The lowest BCUT2D eigenvalue weighted by molar-refractivity contribution is -0.403. The van der Waals surface area contributed by atoms with Gasteiger partial charge in [0.05, 0.1) is 39.0 Å². The van der Waals surface area contributed by atoms with Crippen molar-refractivity contribution in [3.63, 3.8) is 0 Å². The number of guanidine groups is 1. The summed E-state index contributed by atoms with van der Waals surface area (Å²) >= 11 is 1.34. The smallest absolute Gasteiger partial charge is 0.282 e. The number of carbonyl (C=O) groups is 1. The van der Waals surface area contributed by atoms with Crippen LogP contribution in [0.2, 0.25) is 0 Å². The van der Waals surface area contributed by atoms with E-state index in [1.807, 2.05) is 24.3 Å². The number of methoxy groups -OCH3 is 4. The molecule has 1 atom stereocenters. The zero-order valence-electron chi connectivity index (χ0n) is 21.4. The number of rotatable bonds is 12. The average molecular weight is 530 g/mol. The summed E-state index contributed by atoms with van der Waals surface area (Å²) in [7, 11) is 6.26. The van der Waals surface area contributed by atoms with E-state index in [4.69, 9.17) is 30.4 Å². The van der Waals surface area contributed by atoms with Gasteiger partial charge in [0.2, 0.25) is 5.75 Å². The number of nitrogens with zero attached hydrogens (tertiary/aromatic N) is 2. The van der Waals surface area contributed by atoms with Gasteiger partial charge in [-0.1, -0.05) is 6.07 Å². The number of aromatic nitrogens is 1. The van der Waals surface area contributed by atoms with E-state index in [1.165, 1.54) is 11.5 Å². The monoisotopic (exact) mass is 529 g/mol. The van der Waals surface area contributed by atoms with Gasteiger partial charge in [-0.25, -0.2) is 0 Å². The van der Waals surface area contributed by atoms with Crippen LogP contribution in [-0.2, 0) is 4.79 Å². The minimum Gasteiger partial charge on any atom is -0.495 e. The molecule has 1 aromatic heterocycles. The van der Waals surface area contributed by atoms with Gasteiger partial charge in [0.1, 0.15) is 5.75 Å². The van der Waals surface area contributed by atoms with Gasteiger partial charge in [-0.2, -0.15) is 4.37 Å². The predicted molar refractivity (Wildman–Crippen MR) is 144 cm³/mol. The topological polar surface area (TPSA) is 171 Å². The van der Waals surface area contributed by atoms with Crippen molar-refractivity contribution < 1.29 is 29.5 Å². The third-order valence-electron chi connectivity index (χ3n) is 5.64. The number of benzene rings is 2. The number of hydrogen-bond acceptors (Lipinski definition) is 8. The maximum absolute atomic E-state index is 12.8. The molecule has 0 fully saturated rings. The molecule has 1 amide bonds. The summed E-state index contributed by atoms with van der Waals surface area (Å²) < 4.78 is 26.4. The van der Waals surface area contributed by atoms with Crippen LogP contribution in [0.4, 0.5) is 5.69 Å². The van der Waals surface area contributed by atoms with E-state index < -0.39 is 6.04 Å². The summed E-state index contributed by atoms with van der Waals surface area (Å²) in [6, 6.07) is 8.84. The zero-order valence-corrected chi connectivity index (χ0v) is 22.2. The molecule has 198 valence electrons. The van der Waals surface area contributed by atoms with E-state index >= 15 is 0 Å². The number of nitrogens with two attached hydrogens (primary N) is 2. The van der Waals surface area contributed by atoms with Gasteiger partial charge in [0.25, 0.3) is 5.91 Å². The van der Waals surface area contributed by atoms with Crippen molar-refractivity contribution in [2.45, 2.75) is 18.9 Å². The lowest BCUT2D eigenvalue weighted by atomic mass is 10.0. The molecule has 1 heterocycles. The molecule has 0 aliphatic rings. The summed E-state index contributed by atoms with van der Waals surface area (Å²) in [6.45, 7) is 0.440. The fourth-order valence-corrected chi connectivity index (χ4v) is 4.51. The van der Waals surface area contributed by atoms with Crippen molar-refractivity contribution in [1.29, 1.82) is 0 Å². The van der Waals surface area contributed by atoms with Crippen molar-refractivity contribution in [1.82, 2.24) is 4.37 Å². The Labute approximate surface area is 219 Å². The molecule has 0 aliphatic carbocycles. The normalized spacial score (nSPS) is 11.4. The minimum atomic E-state index is -0.486. The summed E-state index contributed by atoms with van der Waals surface area (Å²) in [5.41, 5.74) is 17.8. The minimum absolute atomic E-state index is 0.0282. The second-order valence-electron chi connectivity index (χ2n) is 8.03. The van der Waals surface area contributed by atoms with Crippen LogP contribution in [0, 0.1) is 0 Å². The fourth-order valence-electron chi connectivity index (χ4n) is 3.75. The Morgan fingerprint density at radius 2 is 1.70 bits per heavy atom. The van der Waals surface area contributed by atoms with Crippen LogP contribution in [0.15, 0.2) is 41.5 Å². The van der Waals surface area contributed by atoms with E-state index in [1.54, 1.807) is 40.7 Å². The molecular weight excluding hydrogens is 496 g/mol. The molecule has 12 heteroatoms. The lowest BCUT2D eigenvalue weighted by Crippen LogP contribution is -2.66. The van der Waals surface area contributed by atoms with Gasteiger partial charge in [-0.3, -0.25) is 9.79 Å². The molecule has 11 nitrogen and oxygen atoms in total. The number of carbonyl (C=O) groups excluding carboxylic acids is 1. The van der Waals surface area contributed by atoms with Crippen LogP contribution in [0.25, 0.3) is 21.6 Å². The molecule has 3 aromatic rings. The summed E-state index contributed by atoms with van der Waals surface area (Å²) in [5.74, 6) is 1.92. The van der Waals surface area contributed by atoms with Crippen molar-refractivity contribution in [3.8, 4) is 44.6 Å². The Hall–Kier alpha value is -4.03. The Morgan fingerprint density at radius 3 is 2.30 bits per heavy atom. The predicted octanol–water partition coefficient (Wildman–Crippen LogP) is 2.11. The van der Waals surface area contributed by atoms with Crippen molar-refractivity contribution in [2.75, 3.05) is 40.3 Å². The number of amides is 1. The molecular formula is C25H33N6O5S+. The Kier molecular flexibility index (Phi) is 9.52. The molecule has 0 unspecified atom stereocenters. The van der Waals surface area contributed by atoms with Crippen molar-refractivity contribution in [2.24, 2.45) is 16.5 Å². The third kappa shape index (κ3) is 6.60. The highest BCUT2D eigenvalue weighted by molar-refractivity contribution is 7.10. The van der Waals surface area contributed by atoms with Crippen LogP contribution in [0.5, 0.6) is 23.0 Å². The molecule has 2 aromatic carbocycles. The Balaban J connectivity index is 1.90. The SMILES string of the molecule is COc1ccc(-c2cnsc2-c2cc(OC)c(OC)c(OC)c2)cc1NC(=O)[C@H]([NH3+])CCCN=C(N)N. The Bertz CT molecular complexity index is 1230. The van der Waals surface area contributed by atoms with Crippen molar-refractivity contribution in [3.05, 3.63) is 36.5 Å². The number of nitrogens with one attached hydrogen (secondary N) is 1. The summed E-state index contributed by atoms with van der Waals surface area (Å²) in [5, 5.41) is 2.94. The zero-order chi connectivity index (χ0) is 26.9. The lowest BCUT2D eigenvalue weighted by Gasteiger charge is -2.15. The molecule has 0 saturated heterocycles.